The van der Waals surface area contributed by atoms with Gasteiger partial charge in [0.25, 0.3) is 0 Å². The van der Waals surface area contributed by atoms with Gasteiger partial charge < -0.3 is 15.4 Å². The van der Waals surface area contributed by atoms with Crippen LogP contribution >= 0.6 is 23.8 Å². The molecular weight excluding hydrogens is 316 g/mol. The Morgan fingerprint density at radius 1 is 1.14 bits per heavy atom. The summed E-state index contributed by atoms with van der Waals surface area (Å²) in [6.45, 7) is 5.32. The number of aryl methyl sites for hydroxylation is 1. The van der Waals surface area contributed by atoms with Crippen molar-refractivity contribution in [1.82, 2.24) is 5.32 Å². The molecule has 2 aromatic rings. The minimum absolute atomic E-state index is 0.548. The highest BCUT2D eigenvalue weighted by Crippen LogP contribution is 2.20. The molecule has 3 nitrogen and oxygen atoms in total. The topological polar surface area (TPSA) is 33.3 Å². The summed E-state index contributed by atoms with van der Waals surface area (Å²) < 4.78 is 5.77. The summed E-state index contributed by atoms with van der Waals surface area (Å²) in [5, 5.41) is 7.47. The molecule has 0 fully saturated rings. The molecule has 2 rings (SSSR count). The number of nitrogens with one attached hydrogen (secondary N) is 2. The maximum atomic E-state index is 5.84. The van der Waals surface area contributed by atoms with E-state index in [1.165, 1.54) is 11.1 Å². The summed E-state index contributed by atoms with van der Waals surface area (Å²) in [6, 6.07) is 13.4. The number of anilines is 1. The molecule has 0 aliphatic carbocycles. The molecule has 2 N–H and O–H groups in total. The third-order valence-electron chi connectivity index (χ3n) is 3.30. The number of hydrogen-bond donors (Lipinski definition) is 2. The van der Waals surface area contributed by atoms with Crippen molar-refractivity contribution < 1.29 is 4.74 Å². The van der Waals surface area contributed by atoms with Crippen molar-refractivity contribution >= 4 is 34.6 Å². The zero-order valence-corrected chi connectivity index (χ0v) is 14.2. The molecule has 0 spiro atoms. The van der Waals surface area contributed by atoms with Crippen LogP contribution in [0.4, 0.5) is 5.69 Å². The van der Waals surface area contributed by atoms with Crippen molar-refractivity contribution in [3.05, 3.63) is 58.6 Å². The first-order chi connectivity index (χ1) is 10.6. The Labute approximate surface area is 141 Å². The second kappa shape index (κ2) is 8.01. The Morgan fingerprint density at radius 3 is 2.59 bits per heavy atom. The molecule has 0 bridgehead atoms. The zero-order valence-electron chi connectivity index (χ0n) is 12.7. The van der Waals surface area contributed by atoms with Crippen LogP contribution in [-0.4, -0.2) is 18.3 Å². The Bertz CT molecular complexity index is 644. The van der Waals surface area contributed by atoms with Crippen molar-refractivity contribution in [2.45, 2.75) is 13.8 Å². The predicted molar refractivity (Wildman–Crippen MR) is 97.1 cm³/mol. The van der Waals surface area contributed by atoms with E-state index in [-0.39, 0.29) is 0 Å². The van der Waals surface area contributed by atoms with E-state index in [4.69, 9.17) is 28.6 Å². The van der Waals surface area contributed by atoms with Crippen molar-refractivity contribution in [3.8, 4) is 5.75 Å². The van der Waals surface area contributed by atoms with Crippen LogP contribution in [-0.2, 0) is 0 Å². The third-order valence-corrected chi connectivity index (χ3v) is 3.80. The van der Waals surface area contributed by atoms with Crippen molar-refractivity contribution in [2.75, 3.05) is 18.5 Å². The molecule has 116 valence electrons. The largest absolute Gasteiger partial charge is 0.491 e. The number of hydrogen-bond acceptors (Lipinski definition) is 2. The van der Waals surface area contributed by atoms with Gasteiger partial charge in [-0.15, -0.1) is 0 Å². The van der Waals surface area contributed by atoms with E-state index in [2.05, 4.69) is 30.5 Å². The number of halogens is 1. The summed E-state index contributed by atoms with van der Waals surface area (Å²) in [5.41, 5.74) is 3.30. The Kier molecular flexibility index (Phi) is 6.04. The van der Waals surface area contributed by atoms with Gasteiger partial charge in [0.15, 0.2) is 5.11 Å². The normalized spacial score (nSPS) is 10.1. The lowest BCUT2D eigenvalue weighted by Gasteiger charge is -2.13. The Balaban J connectivity index is 1.73. The fourth-order valence-electron chi connectivity index (χ4n) is 1.91. The van der Waals surface area contributed by atoms with Crippen molar-refractivity contribution in [2.24, 2.45) is 0 Å². The number of thiocarbonyl (C=S) groups is 1. The molecule has 0 aromatic heterocycles. The van der Waals surface area contributed by atoms with Gasteiger partial charge in [-0.05, 0) is 67.5 Å². The van der Waals surface area contributed by atoms with Gasteiger partial charge in [0.05, 0.1) is 6.54 Å². The van der Waals surface area contributed by atoms with Crippen LogP contribution in [0, 0.1) is 13.8 Å². The average molecular weight is 335 g/mol. The Hall–Kier alpha value is -1.78. The molecular formula is C17H19ClN2OS. The second-order valence-electron chi connectivity index (χ2n) is 4.93. The smallest absolute Gasteiger partial charge is 0.170 e. The van der Waals surface area contributed by atoms with Crippen LogP contribution in [0.5, 0.6) is 5.75 Å². The molecule has 22 heavy (non-hydrogen) atoms. The minimum atomic E-state index is 0.548. The molecule has 2 aromatic carbocycles. The van der Waals surface area contributed by atoms with Crippen LogP contribution in [0.3, 0.4) is 0 Å². The van der Waals surface area contributed by atoms with E-state index in [1.807, 2.05) is 36.4 Å². The van der Waals surface area contributed by atoms with E-state index in [9.17, 15) is 0 Å². The van der Waals surface area contributed by atoms with Gasteiger partial charge >= 0.3 is 0 Å². The maximum absolute atomic E-state index is 5.84. The molecule has 0 aliphatic heterocycles. The van der Waals surface area contributed by atoms with Gasteiger partial charge in [-0.1, -0.05) is 23.7 Å². The molecule has 0 aliphatic rings. The van der Waals surface area contributed by atoms with Crippen LogP contribution in [0.2, 0.25) is 5.02 Å². The summed E-state index contributed by atoms with van der Waals surface area (Å²) in [5.74, 6) is 0.915. The van der Waals surface area contributed by atoms with Gasteiger partial charge in [0.1, 0.15) is 12.4 Å². The second-order valence-corrected chi connectivity index (χ2v) is 5.78. The fourth-order valence-corrected chi connectivity index (χ4v) is 2.26. The van der Waals surface area contributed by atoms with Crippen LogP contribution in [0.15, 0.2) is 42.5 Å². The molecule has 0 saturated heterocycles. The summed E-state index contributed by atoms with van der Waals surface area (Å²) in [4.78, 5) is 0. The molecule has 0 radical (unpaired) electrons. The van der Waals surface area contributed by atoms with Crippen LogP contribution in [0.1, 0.15) is 11.1 Å². The van der Waals surface area contributed by atoms with Crippen LogP contribution in [0.25, 0.3) is 0 Å². The van der Waals surface area contributed by atoms with Crippen molar-refractivity contribution in [3.63, 3.8) is 0 Å². The van der Waals surface area contributed by atoms with Gasteiger partial charge in [0, 0.05) is 10.7 Å². The minimum Gasteiger partial charge on any atom is -0.491 e. The first-order valence-corrected chi connectivity index (χ1v) is 7.84. The Morgan fingerprint density at radius 2 is 1.86 bits per heavy atom. The number of rotatable bonds is 5. The van der Waals surface area contributed by atoms with E-state index >= 15 is 0 Å². The fraction of sp³-hybridized carbons (Fsp3) is 0.235. The maximum Gasteiger partial charge on any atom is 0.170 e. The van der Waals surface area contributed by atoms with Crippen molar-refractivity contribution in [1.29, 1.82) is 0 Å². The molecule has 0 unspecified atom stereocenters. The van der Waals surface area contributed by atoms with E-state index in [0.29, 0.717) is 23.3 Å². The lowest BCUT2D eigenvalue weighted by Crippen LogP contribution is -2.32. The van der Waals surface area contributed by atoms with Gasteiger partial charge in [-0.3, -0.25) is 0 Å². The molecule has 0 saturated carbocycles. The molecule has 5 heteroatoms. The monoisotopic (exact) mass is 334 g/mol. The lowest BCUT2D eigenvalue weighted by molar-refractivity contribution is 0.320. The quantitative estimate of drug-likeness (QED) is 0.630. The molecule has 0 heterocycles. The third kappa shape index (κ3) is 4.90. The number of ether oxygens (including phenoxy) is 1. The highest BCUT2D eigenvalue weighted by Gasteiger charge is 2.02. The standard InChI is InChI=1S/C17H19ClN2OS/c1-12-4-3-5-16(13(12)2)21-11-10-19-17(22)20-15-8-6-14(18)7-9-15/h3-9H,10-11H2,1-2H3,(H2,19,20,22). The summed E-state index contributed by atoms with van der Waals surface area (Å²) in [7, 11) is 0. The highest BCUT2D eigenvalue weighted by molar-refractivity contribution is 7.80. The molecule has 0 atom stereocenters. The lowest BCUT2D eigenvalue weighted by atomic mass is 10.1. The highest BCUT2D eigenvalue weighted by atomic mass is 35.5. The number of benzene rings is 2. The SMILES string of the molecule is Cc1cccc(OCCNC(=S)Nc2ccc(Cl)cc2)c1C. The van der Waals surface area contributed by atoms with Gasteiger partial charge in [-0.25, -0.2) is 0 Å². The van der Waals surface area contributed by atoms with Gasteiger partial charge in [0.2, 0.25) is 0 Å². The summed E-state index contributed by atoms with van der Waals surface area (Å²) >= 11 is 11.1. The first-order valence-electron chi connectivity index (χ1n) is 7.05. The zero-order chi connectivity index (χ0) is 15.9. The first kappa shape index (κ1) is 16.6. The average Bonchev–Trinajstić information content (AvgIpc) is 2.50. The van der Waals surface area contributed by atoms with E-state index in [0.717, 1.165) is 11.4 Å². The molecule has 0 amide bonds. The van der Waals surface area contributed by atoms with Crippen LogP contribution < -0.4 is 15.4 Å². The van der Waals surface area contributed by atoms with E-state index in [1.54, 1.807) is 0 Å². The van der Waals surface area contributed by atoms with E-state index < -0.39 is 0 Å². The predicted octanol–water partition coefficient (Wildman–Crippen LogP) is 4.32. The van der Waals surface area contributed by atoms with Gasteiger partial charge in [-0.2, -0.15) is 0 Å². The summed E-state index contributed by atoms with van der Waals surface area (Å²) in [6.07, 6.45) is 0.